The van der Waals surface area contributed by atoms with E-state index in [-0.39, 0.29) is 0 Å². The van der Waals surface area contributed by atoms with E-state index in [2.05, 4.69) is 17.1 Å². The van der Waals surface area contributed by atoms with Crippen molar-refractivity contribution in [2.24, 2.45) is 5.92 Å². The van der Waals surface area contributed by atoms with E-state index in [0.29, 0.717) is 12.5 Å². The molecule has 17 heavy (non-hydrogen) atoms. The summed E-state index contributed by atoms with van der Waals surface area (Å²) in [6, 6.07) is 0. The van der Waals surface area contributed by atoms with Crippen molar-refractivity contribution < 1.29 is 4.79 Å². The minimum absolute atomic E-state index is 0.321. The predicted octanol–water partition coefficient (Wildman–Crippen LogP) is 0.540. The first kappa shape index (κ1) is 12.8. The first-order valence-electron chi connectivity index (χ1n) is 7.00. The third-order valence-electron chi connectivity index (χ3n) is 4.11. The topological polar surface area (TPSA) is 35.6 Å². The van der Waals surface area contributed by atoms with Crippen LogP contribution in [0.25, 0.3) is 0 Å². The van der Waals surface area contributed by atoms with Gasteiger partial charge in [-0.1, -0.05) is 13.3 Å². The standard InChI is InChI=1S/C13H25N3O/c1-2-12-3-7-15(8-4-12)11-13(17)16-9-5-14-6-10-16/h12,14H,2-11H2,1H3. The van der Waals surface area contributed by atoms with E-state index in [1.807, 2.05) is 4.90 Å². The molecule has 4 heteroatoms. The lowest BCUT2D eigenvalue weighted by atomic mass is 9.94. The van der Waals surface area contributed by atoms with Crippen molar-refractivity contribution in [2.45, 2.75) is 26.2 Å². The molecule has 0 bridgehead atoms. The number of hydrogen-bond acceptors (Lipinski definition) is 3. The van der Waals surface area contributed by atoms with Gasteiger partial charge in [0.2, 0.25) is 5.91 Å². The van der Waals surface area contributed by atoms with E-state index in [1.165, 1.54) is 19.3 Å². The normalized spacial score (nSPS) is 23.9. The van der Waals surface area contributed by atoms with Crippen molar-refractivity contribution in [3.05, 3.63) is 0 Å². The molecule has 2 aliphatic rings. The molecule has 0 aromatic carbocycles. The van der Waals surface area contributed by atoms with Gasteiger partial charge in [-0.3, -0.25) is 9.69 Å². The van der Waals surface area contributed by atoms with Gasteiger partial charge in [-0.15, -0.1) is 0 Å². The van der Waals surface area contributed by atoms with Crippen LogP contribution in [-0.4, -0.2) is 61.5 Å². The number of rotatable bonds is 3. The van der Waals surface area contributed by atoms with Crippen LogP contribution in [-0.2, 0) is 4.79 Å². The average molecular weight is 239 g/mol. The lowest BCUT2D eigenvalue weighted by Gasteiger charge is -2.34. The molecule has 2 rings (SSSR count). The highest BCUT2D eigenvalue weighted by molar-refractivity contribution is 5.78. The molecule has 2 fully saturated rings. The molecular formula is C13H25N3O. The summed E-state index contributed by atoms with van der Waals surface area (Å²) in [5.41, 5.74) is 0. The van der Waals surface area contributed by atoms with E-state index < -0.39 is 0 Å². The monoisotopic (exact) mass is 239 g/mol. The van der Waals surface area contributed by atoms with E-state index in [1.54, 1.807) is 0 Å². The maximum absolute atomic E-state index is 12.1. The van der Waals surface area contributed by atoms with E-state index >= 15 is 0 Å². The number of nitrogens with zero attached hydrogens (tertiary/aromatic N) is 2. The van der Waals surface area contributed by atoms with Crippen molar-refractivity contribution in [3.8, 4) is 0 Å². The largest absolute Gasteiger partial charge is 0.339 e. The third kappa shape index (κ3) is 3.68. The quantitative estimate of drug-likeness (QED) is 0.781. The Kier molecular flexibility index (Phi) is 4.80. The first-order valence-corrected chi connectivity index (χ1v) is 7.00. The molecule has 98 valence electrons. The number of hydrogen-bond donors (Lipinski definition) is 1. The Labute approximate surface area is 104 Å². The zero-order valence-electron chi connectivity index (χ0n) is 11.0. The fraction of sp³-hybridized carbons (Fsp3) is 0.923. The Morgan fingerprint density at radius 2 is 1.82 bits per heavy atom. The molecule has 0 aromatic rings. The molecule has 0 saturated carbocycles. The Balaban J connectivity index is 1.71. The molecule has 2 saturated heterocycles. The molecule has 0 radical (unpaired) electrons. The second-order valence-corrected chi connectivity index (χ2v) is 5.26. The van der Waals surface area contributed by atoms with Crippen molar-refractivity contribution in [3.63, 3.8) is 0 Å². The minimum Gasteiger partial charge on any atom is -0.339 e. The highest BCUT2D eigenvalue weighted by Crippen LogP contribution is 2.19. The molecule has 4 nitrogen and oxygen atoms in total. The summed E-state index contributed by atoms with van der Waals surface area (Å²) in [6.07, 6.45) is 3.83. The highest BCUT2D eigenvalue weighted by Gasteiger charge is 2.22. The van der Waals surface area contributed by atoms with Crippen LogP contribution in [0.15, 0.2) is 0 Å². The van der Waals surface area contributed by atoms with Gasteiger partial charge < -0.3 is 10.2 Å². The van der Waals surface area contributed by atoms with Crippen LogP contribution in [0.2, 0.25) is 0 Å². The molecule has 1 amide bonds. The first-order chi connectivity index (χ1) is 8.29. The van der Waals surface area contributed by atoms with Gasteiger partial charge in [0.1, 0.15) is 0 Å². The Morgan fingerprint density at radius 1 is 1.18 bits per heavy atom. The van der Waals surface area contributed by atoms with Crippen LogP contribution in [0, 0.1) is 5.92 Å². The number of piperidine rings is 1. The number of piperazine rings is 1. The van der Waals surface area contributed by atoms with Crippen molar-refractivity contribution in [2.75, 3.05) is 45.8 Å². The molecule has 0 spiro atoms. The van der Waals surface area contributed by atoms with Gasteiger partial charge in [-0.2, -0.15) is 0 Å². The number of likely N-dealkylation sites (tertiary alicyclic amines) is 1. The summed E-state index contributed by atoms with van der Waals surface area (Å²) >= 11 is 0. The maximum atomic E-state index is 12.1. The van der Waals surface area contributed by atoms with Crippen molar-refractivity contribution >= 4 is 5.91 Å². The third-order valence-corrected chi connectivity index (χ3v) is 4.11. The van der Waals surface area contributed by atoms with Crippen LogP contribution in [0.1, 0.15) is 26.2 Å². The number of amides is 1. The van der Waals surface area contributed by atoms with Gasteiger partial charge in [0.25, 0.3) is 0 Å². The van der Waals surface area contributed by atoms with Crippen LogP contribution >= 0.6 is 0 Å². The summed E-state index contributed by atoms with van der Waals surface area (Å²) in [7, 11) is 0. The van der Waals surface area contributed by atoms with Crippen molar-refractivity contribution in [1.29, 1.82) is 0 Å². The number of nitrogens with one attached hydrogen (secondary N) is 1. The summed E-state index contributed by atoms with van der Waals surface area (Å²) in [4.78, 5) is 16.4. The molecule has 2 aliphatic heterocycles. The summed E-state index contributed by atoms with van der Waals surface area (Å²) < 4.78 is 0. The summed E-state index contributed by atoms with van der Waals surface area (Å²) in [6.45, 7) is 8.77. The Morgan fingerprint density at radius 3 is 2.41 bits per heavy atom. The highest BCUT2D eigenvalue weighted by atomic mass is 16.2. The molecule has 0 unspecified atom stereocenters. The second-order valence-electron chi connectivity index (χ2n) is 5.26. The Bertz CT molecular complexity index is 243. The lowest BCUT2D eigenvalue weighted by molar-refractivity contribution is -0.133. The van der Waals surface area contributed by atoms with Gasteiger partial charge in [-0.05, 0) is 31.8 Å². The van der Waals surface area contributed by atoms with Crippen LogP contribution in [0.5, 0.6) is 0 Å². The zero-order chi connectivity index (χ0) is 12.1. The van der Waals surface area contributed by atoms with Gasteiger partial charge in [0.05, 0.1) is 6.54 Å². The van der Waals surface area contributed by atoms with Gasteiger partial charge >= 0.3 is 0 Å². The summed E-state index contributed by atoms with van der Waals surface area (Å²) in [5, 5.41) is 3.28. The number of carbonyl (C=O) groups is 1. The summed E-state index contributed by atoms with van der Waals surface area (Å²) in [5.74, 6) is 1.21. The van der Waals surface area contributed by atoms with E-state index in [9.17, 15) is 4.79 Å². The van der Waals surface area contributed by atoms with Gasteiger partial charge in [-0.25, -0.2) is 0 Å². The SMILES string of the molecule is CCC1CCN(CC(=O)N2CCNCC2)CC1. The molecule has 0 atom stereocenters. The van der Waals surface area contributed by atoms with Crippen molar-refractivity contribution in [1.82, 2.24) is 15.1 Å². The van der Waals surface area contributed by atoms with Crippen LogP contribution < -0.4 is 5.32 Å². The smallest absolute Gasteiger partial charge is 0.236 e. The molecule has 2 heterocycles. The number of carbonyl (C=O) groups excluding carboxylic acids is 1. The molecule has 0 aromatic heterocycles. The lowest BCUT2D eigenvalue weighted by Crippen LogP contribution is -2.50. The van der Waals surface area contributed by atoms with Gasteiger partial charge in [0.15, 0.2) is 0 Å². The fourth-order valence-corrected chi connectivity index (χ4v) is 2.76. The van der Waals surface area contributed by atoms with Gasteiger partial charge in [0, 0.05) is 26.2 Å². The minimum atomic E-state index is 0.321. The second kappa shape index (κ2) is 6.36. The fourth-order valence-electron chi connectivity index (χ4n) is 2.76. The van der Waals surface area contributed by atoms with E-state index in [0.717, 1.165) is 45.2 Å². The maximum Gasteiger partial charge on any atom is 0.236 e. The van der Waals surface area contributed by atoms with Crippen LogP contribution in [0.4, 0.5) is 0 Å². The predicted molar refractivity (Wildman–Crippen MR) is 68.9 cm³/mol. The zero-order valence-corrected chi connectivity index (χ0v) is 11.0. The molecular weight excluding hydrogens is 214 g/mol. The average Bonchev–Trinajstić information content (AvgIpc) is 2.40. The Hall–Kier alpha value is -0.610. The molecule has 0 aliphatic carbocycles. The molecule has 1 N–H and O–H groups in total. The van der Waals surface area contributed by atoms with Crippen LogP contribution in [0.3, 0.4) is 0 Å². The van der Waals surface area contributed by atoms with E-state index in [4.69, 9.17) is 0 Å².